The number of aromatic nitrogens is 1. The molecular formula is C18H22N4O5. The van der Waals surface area contributed by atoms with Crippen molar-refractivity contribution in [2.75, 3.05) is 37.7 Å². The summed E-state index contributed by atoms with van der Waals surface area (Å²) in [5.74, 6) is -0.530. The molecule has 2 amide bonds. The first-order chi connectivity index (χ1) is 13.1. The minimum absolute atomic E-state index is 0.0173. The summed E-state index contributed by atoms with van der Waals surface area (Å²) in [4.78, 5) is 42.6. The maximum atomic E-state index is 12.6. The molecule has 2 N–H and O–H groups in total. The number of carbonyl (C=O) groups excluding carboxylic acids is 3. The first kappa shape index (κ1) is 18.7. The summed E-state index contributed by atoms with van der Waals surface area (Å²) in [6.45, 7) is 3.36. The average Bonchev–Trinajstić information content (AvgIpc) is 3.21. The van der Waals surface area contributed by atoms with E-state index in [0.29, 0.717) is 11.4 Å². The van der Waals surface area contributed by atoms with Crippen LogP contribution in [0.15, 0.2) is 29.6 Å². The van der Waals surface area contributed by atoms with Crippen molar-refractivity contribution < 1.29 is 23.9 Å². The normalized spacial score (nSPS) is 16.6. The van der Waals surface area contributed by atoms with Crippen molar-refractivity contribution in [3.8, 4) is 0 Å². The summed E-state index contributed by atoms with van der Waals surface area (Å²) in [6, 6.07) is 2.87. The minimum Gasteiger partial charge on any atom is -0.463 e. The van der Waals surface area contributed by atoms with E-state index < -0.39 is 18.0 Å². The predicted molar refractivity (Wildman–Crippen MR) is 96.2 cm³/mol. The summed E-state index contributed by atoms with van der Waals surface area (Å²) in [5, 5.41) is 5.01. The van der Waals surface area contributed by atoms with E-state index in [2.05, 4.69) is 15.6 Å². The largest absolute Gasteiger partial charge is 0.463 e. The molecule has 9 nitrogen and oxygen atoms in total. The number of amides is 2. The van der Waals surface area contributed by atoms with E-state index in [-0.39, 0.29) is 31.0 Å². The van der Waals surface area contributed by atoms with Crippen LogP contribution in [-0.4, -0.2) is 55.8 Å². The molecule has 1 fully saturated rings. The van der Waals surface area contributed by atoms with Gasteiger partial charge in [-0.1, -0.05) is 0 Å². The number of pyridine rings is 1. The van der Waals surface area contributed by atoms with Crippen LogP contribution >= 0.6 is 0 Å². The fraction of sp³-hybridized carbons (Fsp3) is 0.444. The highest BCUT2D eigenvalue weighted by atomic mass is 16.5. The molecule has 0 saturated carbocycles. The second kappa shape index (κ2) is 8.52. The number of nitrogens with zero attached hydrogens (tertiary/aromatic N) is 2. The molecule has 0 spiro atoms. The quantitative estimate of drug-likeness (QED) is 0.714. The molecule has 9 heteroatoms. The van der Waals surface area contributed by atoms with E-state index >= 15 is 0 Å². The highest BCUT2D eigenvalue weighted by Gasteiger charge is 2.26. The Hall–Kier alpha value is -3.10. The zero-order chi connectivity index (χ0) is 19.2. The molecule has 0 aromatic carbocycles. The molecule has 1 aromatic heterocycles. The topological polar surface area (TPSA) is 110 Å². The zero-order valence-corrected chi connectivity index (χ0v) is 15.1. The Morgan fingerprint density at radius 2 is 2.00 bits per heavy atom. The van der Waals surface area contributed by atoms with Crippen molar-refractivity contribution in [2.24, 2.45) is 0 Å². The maximum absolute atomic E-state index is 12.6. The van der Waals surface area contributed by atoms with Crippen LogP contribution in [0.3, 0.4) is 0 Å². The van der Waals surface area contributed by atoms with E-state index in [0.717, 1.165) is 25.9 Å². The van der Waals surface area contributed by atoms with Gasteiger partial charge >= 0.3 is 18.0 Å². The number of carbonyl (C=O) groups is 3. The summed E-state index contributed by atoms with van der Waals surface area (Å²) in [6.07, 6.45) is 3.75. The van der Waals surface area contributed by atoms with E-state index in [1.165, 1.54) is 0 Å². The molecule has 1 aromatic rings. The third kappa shape index (κ3) is 4.36. The third-order valence-electron chi connectivity index (χ3n) is 4.34. The number of ether oxygens (including phenoxy) is 2. The summed E-state index contributed by atoms with van der Waals surface area (Å²) in [5.41, 5.74) is 0.810. The Morgan fingerprint density at radius 1 is 1.22 bits per heavy atom. The van der Waals surface area contributed by atoms with Gasteiger partial charge in [-0.25, -0.2) is 19.4 Å². The van der Waals surface area contributed by atoms with E-state index in [1.807, 2.05) is 4.90 Å². The molecule has 0 radical (unpaired) electrons. The molecule has 2 aliphatic heterocycles. The van der Waals surface area contributed by atoms with Crippen LogP contribution in [-0.2, 0) is 14.3 Å². The van der Waals surface area contributed by atoms with Gasteiger partial charge in [0.25, 0.3) is 0 Å². The number of esters is 2. The number of nitrogens with one attached hydrogen (secondary N) is 2. The van der Waals surface area contributed by atoms with Gasteiger partial charge in [0, 0.05) is 19.3 Å². The number of rotatable bonds is 6. The lowest BCUT2D eigenvalue weighted by atomic mass is 10.1. The van der Waals surface area contributed by atoms with E-state index in [1.54, 1.807) is 25.3 Å². The predicted octanol–water partition coefficient (Wildman–Crippen LogP) is 0.969. The maximum Gasteiger partial charge on any atom is 0.342 e. The number of anilines is 1. The molecule has 3 rings (SSSR count). The van der Waals surface area contributed by atoms with Gasteiger partial charge < -0.3 is 25.0 Å². The molecule has 0 atom stereocenters. The molecule has 3 heterocycles. The van der Waals surface area contributed by atoms with Gasteiger partial charge in [0.1, 0.15) is 18.0 Å². The number of hydrogen-bond acceptors (Lipinski definition) is 7. The van der Waals surface area contributed by atoms with Crippen molar-refractivity contribution in [3.05, 3.63) is 35.2 Å². The zero-order valence-electron chi connectivity index (χ0n) is 15.1. The Balaban J connectivity index is 1.74. The van der Waals surface area contributed by atoms with E-state index in [9.17, 15) is 14.4 Å². The average molecular weight is 374 g/mol. The fourth-order valence-corrected chi connectivity index (χ4v) is 3.02. The fourth-order valence-electron chi connectivity index (χ4n) is 3.02. The SMILES string of the molecule is CCOC(=O)C1=C(COC(=O)c2cccnc2N2CCCC2)NC(=O)NC1. The highest BCUT2D eigenvalue weighted by Crippen LogP contribution is 2.22. The van der Waals surface area contributed by atoms with Gasteiger partial charge in [-0.15, -0.1) is 0 Å². The Kier molecular flexibility index (Phi) is 5.90. The summed E-state index contributed by atoms with van der Waals surface area (Å²) >= 11 is 0. The van der Waals surface area contributed by atoms with Crippen LogP contribution in [0.1, 0.15) is 30.1 Å². The third-order valence-corrected chi connectivity index (χ3v) is 4.34. The van der Waals surface area contributed by atoms with Crippen molar-refractivity contribution >= 4 is 23.8 Å². The van der Waals surface area contributed by atoms with Crippen LogP contribution < -0.4 is 15.5 Å². The van der Waals surface area contributed by atoms with E-state index in [4.69, 9.17) is 9.47 Å². The molecule has 2 aliphatic rings. The van der Waals surface area contributed by atoms with Gasteiger partial charge in [0.15, 0.2) is 0 Å². The van der Waals surface area contributed by atoms with Crippen LogP contribution in [0.5, 0.6) is 0 Å². The Bertz CT molecular complexity index is 771. The molecule has 144 valence electrons. The van der Waals surface area contributed by atoms with Gasteiger partial charge in [0.05, 0.1) is 24.4 Å². The minimum atomic E-state index is -0.562. The second-order valence-electron chi connectivity index (χ2n) is 6.13. The van der Waals surface area contributed by atoms with Gasteiger partial charge in [-0.2, -0.15) is 0 Å². The van der Waals surface area contributed by atoms with Crippen LogP contribution in [0.2, 0.25) is 0 Å². The summed E-state index contributed by atoms with van der Waals surface area (Å²) in [7, 11) is 0. The standard InChI is InChI=1S/C18H22N4O5/c1-2-26-17(24)13-10-20-18(25)21-14(13)11-27-16(23)12-6-5-7-19-15(12)22-8-3-4-9-22/h5-7H,2-4,8-11H2,1H3,(H2,20,21,25). The Labute approximate surface area is 156 Å². The lowest BCUT2D eigenvalue weighted by Gasteiger charge is -2.22. The van der Waals surface area contributed by atoms with Gasteiger partial charge in [0.2, 0.25) is 0 Å². The van der Waals surface area contributed by atoms with Gasteiger partial charge in [-0.05, 0) is 31.9 Å². The van der Waals surface area contributed by atoms with Gasteiger partial charge in [-0.3, -0.25) is 0 Å². The van der Waals surface area contributed by atoms with Crippen molar-refractivity contribution in [2.45, 2.75) is 19.8 Å². The number of urea groups is 1. The molecule has 1 saturated heterocycles. The first-order valence-electron chi connectivity index (χ1n) is 8.91. The molecular weight excluding hydrogens is 352 g/mol. The lowest BCUT2D eigenvalue weighted by Crippen LogP contribution is -2.45. The van der Waals surface area contributed by atoms with Crippen molar-refractivity contribution in [3.63, 3.8) is 0 Å². The summed E-state index contributed by atoms with van der Waals surface area (Å²) < 4.78 is 10.3. The van der Waals surface area contributed by atoms with Crippen molar-refractivity contribution in [1.29, 1.82) is 0 Å². The lowest BCUT2D eigenvalue weighted by molar-refractivity contribution is -0.138. The molecule has 0 bridgehead atoms. The van der Waals surface area contributed by atoms with Crippen LogP contribution in [0.25, 0.3) is 0 Å². The molecule has 0 unspecified atom stereocenters. The van der Waals surface area contributed by atoms with Crippen LogP contribution in [0, 0.1) is 0 Å². The first-order valence-corrected chi connectivity index (χ1v) is 8.91. The second-order valence-corrected chi connectivity index (χ2v) is 6.13. The monoisotopic (exact) mass is 374 g/mol. The van der Waals surface area contributed by atoms with Crippen LogP contribution in [0.4, 0.5) is 10.6 Å². The molecule has 0 aliphatic carbocycles. The Morgan fingerprint density at radius 3 is 2.74 bits per heavy atom. The van der Waals surface area contributed by atoms with Crippen molar-refractivity contribution in [1.82, 2.24) is 15.6 Å². The number of hydrogen-bond donors (Lipinski definition) is 2. The smallest absolute Gasteiger partial charge is 0.342 e. The molecule has 27 heavy (non-hydrogen) atoms. The highest BCUT2D eigenvalue weighted by molar-refractivity contribution is 5.96.